The second-order valence-electron chi connectivity index (χ2n) is 5.57. The highest BCUT2D eigenvalue weighted by atomic mass is 32.2. The van der Waals surface area contributed by atoms with Crippen LogP contribution in [0.3, 0.4) is 0 Å². The first-order chi connectivity index (χ1) is 8.13. The van der Waals surface area contributed by atoms with Gasteiger partial charge in [-0.15, -0.1) is 0 Å². The van der Waals surface area contributed by atoms with Crippen molar-refractivity contribution in [2.75, 3.05) is 11.9 Å². The Balaban J connectivity index is 2.71. The van der Waals surface area contributed by atoms with Crippen LogP contribution in [0.1, 0.15) is 27.7 Å². The summed E-state index contributed by atoms with van der Waals surface area (Å²) >= 11 is 0. The van der Waals surface area contributed by atoms with E-state index in [0.29, 0.717) is 5.92 Å². The van der Waals surface area contributed by atoms with E-state index >= 15 is 0 Å². The lowest BCUT2D eigenvalue weighted by molar-refractivity contribution is 0.269. The van der Waals surface area contributed by atoms with Crippen LogP contribution >= 0.6 is 0 Å². The lowest BCUT2D eigenvalue weighted by atomic mass is 9.81. The predicted octanol–water partition coefficient (Wildman–Crippen LogP) is 2.43. The third-order valence-electron chi connectivity index (χ3n) is 3.49. The molecule has 0 radical (unpaired) electrons. The van der Waals surface area contributed by atoms with Gasteiger partial charge in [-0.3, -0.25) is 0 Å². The molecule has 0 saturated heterocycles. The van der Waals surface area contributed by atoms with E-state index in [1.807, 2.05) is 0 Å². The van der Waals surface area contributed by atoms with Crippen molar-refractivity contribution >= 4 is 15.7 Å². The molecule has 0 unspecified atom stereocenters. The van der Waals surface area contributed by atoms with E-state index < -0.39 is 10.0 Å². The minimum absolute atomic E-state index is 0.135. The summed E-state index contributed by atoms with van der Waals surface area (Å²) in [6.07, 6.45) is 0. The standard InChI is InChI=1S/C13H22N2O2S/c1-10(2)13(3,4)9-15-11-5-7-12(8-6-11)18(14,16)17/h5-8,10,15H,9H2,1-4H3,(H2,14,16,17). The van der Waals surface area contributed by atoms with Crippen molar-refractivity contribution in [3.8, 4) is 0 Å². The number of anilines is 1. The Hall–Kier alpha value is -1.07. The first kappa shape index (κ1) is 15.0. The first-order valence-electron chi connectivity index (χ1n) is 6.00. The quantitative estimate of drug-likeness (QED) is 0.863. The number of sulfonamides is 1. The van der Waals surface area contributed by atoms with Crippen molar-refractivity contribution in [1.82, 2.24) is 0 Å². The molecule has 0 aliphatic carbocycles. The van der Waals surface area contributed by atoms with Crippen LogP contribution < -0.4 is 10.5 Å². The average Bonchev–Trinajstić information content (AvgIpc) is 2.25. The number of rotatable bonds is 5. The van der Waals surface area contributed by atoms with Crippen molar-refractivity contribution in [2.45, 2.75) is 32.6 Å². The van der Waals surface area contributed by atoms with Gasteiger partial charge >= 0.3 is 0 Å². The Bertz CT molecular complexity index is 490. The molecule has 4 nitrogen and oxygen atoms in total. The zero-order valence-electron chi connectivity index (χ0n) is 11.4. The average molecular weight is 270 g/mol. The van der Waals surface area contributed by atoms with E-state index in [1.165, 1.54) is 12.1 Å². The van der Waals surface area contributed by atoms with Gasteiger partial charge in [-0.05, 0) is 35.6 Å². The number of hydrogen-bond donors (Lipinski definition) is 2. The Morgan fingerprint density at radius 3 is 2.11 bits per heavy atom. The number of hydrogen-bond acceptors (Lipinski definition) is 3. The third-order valence-corrected chi connectivity index (χ3v) is 4.42. The van der Waals surface area contributed by atoms with E-state index in [9.17, 15) is 8.42 Å². The Kier molecular flexibility index (Phi) is 4.40. The summed E-state index contributed by atoms with van der Waals surface area (Å²) in [6, 6.07) is 6.49. The number of nitrogens with one attached hydrogen (secondary N) is 1. The van der Waals surface area contributed by atoms with Crippen molar-refractivity contribution in [3.05, 3.63) is 24.3 Å². The van der Waals surface area contributed by atoms with Gasteiger partial charge < -0.3 is 5.32 Å². The fraction of sp³-hybridized carbons (Fsp3) is 0.538. The van der Waals surface area contributed by atoms with Crippen LogP contribution in [0.2, 0.25) is 0 Å². The Morgan fingerprint density at radius 2 is 1.72 bits per heavy atom. The summed E-state index contributed by atoms with van der Waals surface area (Å²) < 4.78 is 22.2. The van der Waals surface area contributed by atoms with Crippen LogP contribution in [-0.4, -0.2) is 15.0 Å². The van der Waals surface area contributed by atoms with Gasteiger partial charge in [-0.25, -0.2) is 13.6 Å². The Morgan fingerprint density at radius 1 is 1.22 bits per heavy atom. The molecule has 1 aromatic carbocycles. The molecule has 0 spiro atoms. The second kappa shape index (κ2) is 5.28. The maximum Gasteiger partial charge on any atom is 0.238 e. The number of nitrogens with two attached hydrogens (primary N) is 1. The van der Waals surface area contributed by atoms with Gasteiger partial charge in [0.05, 0.1) is 4.90 Å². The van der Waals surface area contributed by atoms with Gasteiger partial charge in [0.15, 0.2) is 0 Å². The molecule has 1 rings (SSSR count). The van der Waals surface area contributed by atoms with Crippen LogP contribution in [0, 0.1) is 11.3 Å². The van der Waals surface area contributed by atoms with Crippen LogP contribution in [0.15, 0.2) is 29.2 Å². The molecular formula is C13H22N2O2S. The van der Waals surface area contributed by atoms with E-state index in [-0.39, 0.29) is 10.3 Å². The molecule has 5 heteroatoms. The largest absolute Gasteiger partial charge is 0.384 e. The number of primary sulfonamides is 1. The summed E-state index contributed by atoms with van der Waals surface area (Å²) in [7, 11) is -3.60. The molecule has 0 bridgehead atoms. The van der Waals surface area contributed by atoms with E-state index in [4.69, 9.17) is 5.14 Å². The summed E-state index contributed by atoms with van der Waals surface area (Å²) in [5, 5.41) is 8.35. The smallest absolute Gasteiger partial charge is 0.238 e. The maximum atomic E-state index is 11.1. The molecule has 0 saturated carbocycles. The van der Waals surface area contributed by atoms with Crippen molar-refractivity contribution < 1.29 is 8.42 Å². The lowest BCUT2D eigenvalue weighted by Crippen LogP contribution is -2.28. The molecule has 1 aromatic rings. The second-order valence-corrected chi connectivity index (χ2v) is 7.13. The van der Waals surface area contributed by atoms with Gasteiger partial charge in [0, 0.05) is 12.2 Å². The minimum Gasteiger partial charge on any atom is -0.384 e. The lowest BCUT2D eigenvalue weighted by Gasteiger charge is -2.29. The van der Waals surface area contributed by atoms with Crippen LogP contribution in [0.4, 0.5) is 5.69 Å². The van der Waals surface area contributed by atoms with Gasteiger partial charge in [-0.2, -0.15) is 0 Å². The zero-order chi connectivity index (χ0) is 14.0. The van der Waals surface area contributed by atoms with E-state index in [2.05, 4.69) is 33.0 Å². The molecule has 0 aliphatic heterocycles. The molecule has 0 heterocycles. The molecule has 0 aliphatic rings. The van der Waals surface area contributed by atoms with Crippen LogP contribution in [0.5, 0.6) is 0 Å². The molecule has 18 heavy (non-hydrogen) atoms. The molecule has 0 amide bonds. The van der Waals surface area contributed by atoms with Gasteiger partial charge in [0.2, 0.25) is 10.0 Å². The molecule has 0 fully saturated rings. The summed E-state index contributed by atoms with van der Waals surface area (Å²) in [5.41, 5.74) is 1.08. The highest BCUT2D eigenvalue weighted by Gasteiger charge is 2.21. The monoisotopic (exact) mass is 270 g/mol. The summed E-state index contributed by atoms with van der Waals surface area (Å²) in [6.45, 7) is 9.60. The van der Waals surface area contributed by atoms with Gasteiger partial charge in [0.25, 0.3) is 0 Å². The highest BCUT2D eigenvalue weighted by Crippen LogP contribution is 2.26. The molecular weight excluding hydrogens is 248 g/mol. The van der Waals surface area contributed by atoms with Gasteiger partial charge in [0.1, 0.15) is 0 Å². The molecule has 102 valence electrons. The fourth-order valence-electron chi connectivity index (χ4n) is 1.30. The van der Waals surface area contributed by atoms with E-state index in [0.717, 1.165) is 12.2 Å². The topological polar surface area (TPSA) is 72.2 Å². The molecule has 0 aromatic heterocycles. The van der Waals surface area contributed by atoms with Crippen LogP contribution in [0.25, 0.3) is 0 Å². The Labute approximate surface area is 110 Å². The van der Waals surface area contributed by atoms with Crippen molar-refractivity contribution in [3.63, 3.8) is 0 Å². The fourth-order valence-corrected chi connectivity index (χ4v) is 1.81. The van der Waals surface area contributed by atoms with Crippen LogP contribution in [-0.2, 0) is 10.0 Å². The van der Waals surface area contributed by atoms with Crippen molar-refractivity contribution in [2.24, 2.45) is 16.5 Å². The summed E-state index contributed by atoms with van der Waals surface area (Å²) in [5.74, 6) is 0.564. The third kappa shape index (κ3) is 3.99. The highest BCUT2D eigenvalue weighted by molar-refractivity contribution is 7.89. The maximum absolute atomic E-state index is 11.1. The first-order valence-corrected chi connectivity index (χ1v) is 7.54. The van der Waals surface area contributed by atoms with Crippen molar-refractivity contribution in [1.29, 1.82) is 0 Å². The molecule has 0 atom stereocenters. The predicted molar refractivity (Wildman–Crippen MR) is 74.9 cm³/mol. The zero-order valence-corrected chi connectivity index (χ0v) is 12.2. The number of benzene rings is 1. The summed E-state index contributed by atoms with van der Waals surface area (Å²) in [4.78, 5) is 0.135. The molecule has 3 N–H and O–H groups in total. The minimum atomic E-state index is -3.60. The van der Waals surface area contributed by atoms with E-state index in [1.54, 1.807) is 12.1 Å². The SMILES string of the molecule is CC(C)C(C)(C)CNc1ccc(S(N)(=O)=O)cc1. The van der Waals surface area contributed by atoms with Gasteiger partial charge in [-0.1, -0.05) is 27.7 Å². The normalized spacial score (nSPS) is 12.8.